The Labute approximate surface area is 139 Å². The predicted molar refractivity (Wildman–Crippen MR) is 98.8 cm³/mol. The molecule has 0 rings (SSSR count). The van der Waals surface area contributed by atoms with E-state index in [1.54, 1.807) is 6.08 Å². The van der Waals surface area contributed by atoms with Crippen molar-refractivity contribution in [1.82, 2.24) is 0 Å². The first-order chi connectivity index (χ1) is 10.7. The number of aliphatic hydroxyl groups excluding tert-OH is 1. The zero-order valence-electron chi connectivity index (χ0n) is 15.0. The summed E-state index contributed by atoms with van der Waals surface area (Å²) in [5, 5.41) is 9.15. The average molecular weight is 307 g/mol. The highest BCUT2D eigenvalue weighted by Crippen LogP contribution is 2.14. The molecule has 1 heteroatoms. The number of terminal acetylenes is 1. The van der Waals surface area contributed by atoms with E-state index < -0.39 is 6.10 Å². The summed E-state index contributed by atoms with van der Waals surface area (Å²) >= 11 is 0. The van der Waals surface area contributed by atoms with Crippen LogP contribution < -0.4 is 0 Å². The minimum Gasteiger partial charge on any atom is -0.377 e. The van der Waals surface area contributed by atoms with Crippen molar-refractivity contribution in [2.45, 2.75) is 103 Å². The molecule has 1 nitrogen and oxygen atoms in total. The van der Waals surface area contributed by atoms with Crippen molar-refractivity contribution in [2.75, 3.05) is 0 Å². The first-order valence-electron chi connectivity index (χ1n) is 9.47. The van der Waals surface area contributed by atoms with Crippen LogP contribution in [0.5, 0.6) is 0 Å². The molecule has 128 valence electrons. The summed E-state index contributed by atoms with van der Waals surface area (Å²) in [5.41, 5.74) is 0. The molecule has 0 radical (unpaired) electrons. The van der Waals surface area contributed by atoms with Gasteiger partial charge in [0.15, 0.2) is 0 Å². The topological polar surface area (TPSA) is 20.2 Å². The molecule has 1 atom stereocenters. The number of hydrogen-bond donors (Lipinski definition) is 1. The van der Waals surface area contributed by atoms with Gasteiger partial charge in [0.2, 0.25) is 0 Å². The average Bonchev–Trinajstić information content (AvgIpc) is 2.50. The second-order valence-corrected chi connectivity index (χ2v) is 6.90. The normalized spacial score (nSPS) is 12.9. The molecule has 0 bridgehead atoms. The zero-order chi connectivity index (χ0) is 16.5. The van der Waals surface area contributed by atoms with Gasteiger partial charge < -0.3 is 5.11 Å². The largest absolute Gasteiger partial charge is 0.377 e. The summed E-state index contributed by atoms with van der Waals surface area (Å²) in [6.45, 7) is 4.63. The van der Waals surface area contributed by atoms with Gasteiger partial charge in [0.1, 0.15) is 6.10 Å². The second-order valence-electron chi connectivity index (χ2n) is 6.90. The highest BCUT2D eigenvalue weighted by molar-refractivity contribution is 5.05. The first kappa shape index (κ1) is 21.3. The Morgan fingerprint density at radius 2 is 1.27 bits per heavy atom. The number of unbranched alkanes of at least 4 members (excludes halogenated alkanes) is 11. The molecule has 0 amide bonds. The lowest BCUT2D eigenvalue weighted by molar-refractivity contribution is 0.280. The fourth-order valence-electron chi connectivity index (χ4n) is 2.69. The van der Waals surface area contributed by atoms with Gasteiger partial charge in [-0.05, 0) is 24.8 Å². The van der Waals surface area contributed by atoms with Crippen molar-refractivity contribution in [3.05, 3.63) is 12.2 Å². The molecule has 0 aliphatic rings. The highest BCUT2D eigenvalue weighted by Gasteiger charge is 1.95. The van der Waals surface area contributed by atoms with Crippen LogP contribution in [0.25, 0.3) is 0 Å². The summed E-state index contributed by atoms with van der Waals surface area (Å²) in [6, 6.07) is 0. The van der Waals surface area contributed by atoms with Crippen LogP contribution in [0.4, 0.5) is 0 Å². The fourth-order valence-corrected chi connectivity index (χ4v) is 2.69. The minimum absolute atomic E-state index is 0.703. The Morgan fingerprint density at radius 3 is 1.73 bits per heavy atom. The number of rotatable bonds is 15. The fraction of sp³-hybridized carbons (Fsp3) is 0.810. The molecule has 0 fully saturated rings. The van der Waals surface area contributed by atoms with E-state index in [2.05, 4.69) is 19.8 Å². The van der Waals surface area contributed by atoms with E-state index in [0.29, 0.717) is 0 Å². The quantitative estimate of drug-likeness (QED) is 0.215. The molecular formula is C21H38O. The van der Waals surface area contributed by atoms with E-state index in [9.17, 15) is 0 Å². The van der Waals surface area contributed by atoms with Crippen LogP contribution in [0.1, 0.15) is 97.3 Å². The van der Waals surface area contributed by atoms with Crippen LogP contribution >= 0.6 is 0 Å². The van der Waals surface area contributed by atoms with Crippen molar-refractivity contribution in [1.29, 1.82) is 0 Å². The third kappa shape index (κ3) is 17.3. The van der Waals surface area contributed by atoms with E-state index in [4.69, 9.17) is 11.5 Å². The smallest absolute Gasteiger partial charge is 0.133 e. The lowest BCUT2D eigenvalue weighted by Gasteiger charge is -2.04. The van der Waals surface area contributed by atoms with Gasteiger partial charge in [0.05, 0.1) is 0 Å². The van der Waals surface area contributed by atoms with Gasteiger partial charge in [-0.15, -0.1) is 6.42 Å². The van der Waals surface area contributed by atoms with E-state index in [0.717, 1.165) is 12.3 Å². The Morgan fingerprint density at radius 1 is 0.818 bits per heavy atom. The SMILES string of the molecule is C#CC(O)/C=C/CCCCCCCCCCCCCC(C)C. The Kier molecular flexibility index (Phi) is 16.1. The summed E-state index contributed by atoms with van der Waals surface area (Å²) in [5.74, 6) is 3.16. The Balaban J connectivity index is 3.09. The van der Waals surface area contributed by atoms with Gasteiger partial charge in [-0.1, -0.05) is 96.5 Å². The van der Waals surface area contributed by atoms with Crippen molar-refractivity contribution >= 4 is 0 Å². The van der Waals surface area contributed by atoms with Gasteiger partial charge in [0.25, 0.3) is 0 Å². The van der Waals surface area contributed by atoms with E-state index in [-0.39, 0.29) is 0 Å². The molecule has 1 N–H and O–H groups in total. The van der Waals surface area contributed by atoms with Crippen molar-refractivity contribution in [3.63, 3.8) is 0 Å². The molecule has 0 heterocycles. The third-order valence-electron chi connectivity index (χ3n) is 4.14. The summed E-state index contributed by atoms with van der Waals surface area (Å²) in [7, 11) is 0. The van der Waals surface area contributed by atoms with Crippen LogP contribution in [-0.2, 0) is 0 Å². The first-order valence-corrected chi connectivity index (χ1v) is 9.47. The Hall–Kier alpha value is -0.740. The molecule has 0 saturated heterocycles. The molecule has 0 spiro atoms. The molecule has 0 aliphatic carbocycles. The van der Waals surface area contributed by atoms with Crippen LogP contribution in [0.15, 0.2) is 12.2 Å². The van der Waals surface area contributed by atoms with Crippen molar-refractivity contribution in [3.8, 4) is 12.3 Å². The molecule has 0 aromatic heterocycles. The van der Waals surface area contributed by atoms with Crippen LogP contribution in [0.2, 0.25) is 0 Å². The summed E-state index contributed by atoms with van der Waals surface area (Å²) in [4.78, 5) is 0. The number of hydrogen-bond acceptors (Lipinski definition) is 1. The third-order valence-corrected chi connectivity index (χ3v) is 4.14. The van der Waals surface area contributed by atoms with Gasteiger partial charge in [-0.2, -0.15) is 0 Å². The molecule has 0 aliphatic heterocycles. The minimum atomic E-state index is -0.703. The Bertz CT molecular complexity index is 285. The maximum absolute atomic E-state index is 9.15. The maximum Gasteiger partial charge on any atom is 0.133 e. The summed E-state index contributed by atoms with van der Waals surface area (Å²) in [6.07, 6.45) is 25.7. The highest BCUT2D eigenvalue weighted by atomic mass is 16.3. The van der Waals surface area contributed by atoms with Gasteiger partial charge in [0, 0.05) is 0 Å². The molecular weight excluding hydrogens is 268 g/mol. The maximum atomic E-state index is 9.15. The lowest BCUT2D eigenvalue weighted by atomic mass is 10.0. The molecule has 22 heavy (non-hydrogen) atoms. The molecule has 0 aromatic rings. The molecule has 0 saturated carbocycles. The molecule has 0 aromatic carbocycles. The van der Waals surface area contributed by atoms with E-state index in [1.165, 1.54) is 77.0 Å². The van der Waals surface area contributed by atoms with Crippen LogP contribution in [0, 0.1) is 18.3 Å². The predicted octanol–water partition coefficient (Wildman–Crippen LogP) is 6.26. The summed E-state index contributed by atoms with van der Waals surface area (Å²) < 4.78 is 0. The van der Waals surface area contributed by atoms with E-state index in [1.807, 2.05) is 6.08 Å². The van der Waals surface area contributed by atoms with Crippen molar-refractivity contribution < 1.29 is 5.11 Å². The lowest BCUT2D eigenvalue weighted by Crippen LogP contribution is -1.95. The van der Waals surface area contributed by atoms with Crippen LogP contribution in [0.3, 0.4) is 0 Å². The monoisotopic (exact) mass is 306 g/mol. The zero-order valence-corrected chi connectivity index (χ0v) is 15.0. The van der Waals surface area contributed by atoms with Crippen LogP contribution in [-0.4, -0.2) is 11.2 Å². The van der Waals surface area contributed by atoms with Gasteiger partial charge in [-0.3, -0.25) is 0 Å². The van der Waals surface area contributed by atoms with Gasteiger partial charge >= 0.3 is 0 Å². The van der Waals surface area contributed by atoms with Gasteiger partial charge in [-0.25, -0.2) is 0 Å². The number of allylic oxidation sites excluding steroid dienone is 1. The van der Waals surface area contributed by atoms with Crippen molar-refractivity contribution in [2.24, 2.45) is 5.92 Å². The molecule has 1 unspecified atom stereocenters. The second kappa shape index (κ2) is 16.6. The van der Waals surface area contributed by atoms with E-state index >= 15 is 0 Å². The standard InChI is InChI=1S/C21H38O/c1-4-21(22)19-17-15-13-11-9-7-5-6-8-10-12-14-16-18-20(2)3/h1,17,19-22H,5-16,18H2,2-3H3/b19-17+. The number of aliphatic hydroxyl groups is 1.